The number of aryl methyl sites for hydroxylation is 2. The van der Waals surface area contributed by atoms with Gasteiger partial charge >= 0.3 is 0 Å². The molecule has 172 valence electrons. The maximum atomic E-state index is 14.0. The molecule has 1 atom stereocenters. The Balaban J connectivity index is 1.62. The molecule has 1 fully saturated rings. The van der Waals surface area contributed by atoms with Crippen molar-refractivity contribution in [3.63, 3.8) is 0 Å². The van der Waals surface area contributed by atoms with Crippen LogP contribution < -0.4 is 10.2 Å². The second-order valence-electron chi connectivity index (χ2n) is 10.0. The zero-order valence-corrected chi connectivity index (χ0v) is 19.9. The monoisotopic (exact) mass is 443 g/mol. The van der Waals surface area contributed by atoms with E-state index in [1.165, 1.54) is 12.8 Å². The molecular formula is C28H33N3O2. The van der Waals surface area contributed by atoms with Gasteiger partial charge in [-0.25, -0.2) is 0 Å². The number of hydrogen-bond acceptors (Lipinski definition) is 2. The maximum Gasteiger partial charge on any atom is 0.275 e. The van der Waals surface area contributed by atoms with Crippen LogP contribution in [0.1, 0.15) is 67.1 Å². The molecule has 2 aliphatic rings. The predicted octanol–water partition coefficient (Wildman–Crippen LogP) is 5.52. The molecule has 3 aromatic rings. The number of nitrogens with one attached hydrogen (secondary N) is 1. The number of carbonyl (C=O) groups excluding carboxylic acids is 2. The van der Waals surface area contributed by atoms with Crippen molar-refractivity contribution >= 4 is 28.4 Å². The molecule has 1 aromatic heterocycles. The smallest absolute Gasteiger partial charge is 0.275 e. The summed E-state index contributed by atoms with van der Waals surface area (Å²) < 4.78 is 2.03. The molecule has 0 radical (unpaired) electrons. The fraction of sp³-hybridized carbons (Fsp3) is 0.429. The molecule has 2 amide bonds. The Hall–Kier alpha value is -3.08. The van der Waals surface area contributed by atoms with Gasteiger partial charge in [0, 0.05) is 22.6 Å². The van der Waals surface area contributed by atoms with Crippen LogP contribution in [0.3, 0.4) is 0 Å². The highest BCUT2D eigenvalue weighted by atomic mass is 16.2. The van der Waals surface area contributed by atoms with Gasteiger partial charge in [0.15, 0.2) is 0 Å². The van der Waals surface area contributed by atoms with Gasteiger partial charge in [-0.1, -0.05) is 56.0 Å². The van der Waals surface area contributed by atoms with Crippen molar-refractivity contribution in [1.82, 2.24) is 9.88 Å². The van der Waals surface area contributed by atoms with Crippen LogP contribution >= 0.6 is 0 Å². The van der Waals surface area contributed by atoms with Gasteiger partial charge in [0.25, 0.3) is 5.91 Å². The molecule has 5 nitrogen and oxygen atoms in total. The minimum atomic E-state index is -1.03. The quantitative estimate of drug-likeness (QED) is 0.542. The summed E-state index contributed by atoms with van der Waals surface area (Å²) in [5, 5.41) is 4.37. The third kappa shape index (κ3) is 3.73. The van der Waals surface area contributed by atoms with E-state index >= 15 is 0 Å². The van der Waals surface area contributed by atoms with Gasteiger partial charge in [-0.15, -0.1) is 0 Å². The molecule has 1 aliphatic heterocycles. The van der Waals surface area contributed by atoms with E-state index in [9.17, 15) is 9.59 Å². The SMILES string of the molecule is Cc1ccc(C)c(N2C(=O)c3cc4ccccc4n3CC2(C)C(=O)NC2CCCCCC2)c1. The normalized spacial score (nSPS) is 21.7. The first-order valence-corrected chi connectivity index (χ1v) is 12.2. The number of anilines is 1. The van der Waals surface area contributed by atoms with Crippen LogP contribution in [-0.4, -0.2) is 28.0 Å². The Kier molecular flexibility index (Phi) is 5.51. The number of para-hydroxylation sites is 1. The molecule has 1 aliphatic carbocycles. The van der Waals surface area contributed by atoms with Gasteiger partial charge in [-0.3, -0.25) is 14.5 Å². The highest BCUT2D eigenvalue weighted by molar-refractivity contribution is 6.14. The summed E-state index contributed by atoms with van der Waals surface area (Å²) in [6, 6.07) is 16.3. The second kappa shape index (κ2) is 8.36. The van der Waals surface area contributed by atoms with Gasteiger partial charge in [0.1, 0.15) is 11.2 Å². The molecular weight excluding hydrogens is 410 g/mol. The second-order valence-corrected chi connectivity index (χ2v) is 10.0. The van der Waals surface area contributed by atoms with E-state index in [1.807, 2.05) is 73.9 Å². The number of hydrogen-bond donors (Lipinski definition) is 1. The topological polar surface area (TPSA) is 54.3 Å². The van der Waals surface area contributed by atoms with Crippen molar-refractivity contribution in [3.05, 3.63) is 65.4 Å². The number of rotatable bonds is 3. The van der Waals surface area contributed by atoms with E-state index < -0.39 is 5.54 Å². The van der Waals surface area contributed by atoms with Crippen molar-refractivity contribution in [3.8, 4) is 0 Å². The first-order chi connectivity index (χ1) is 15.9. The highest BCUT2D eigenvalue weighted by Gasteiger charge is 2.49. The van der Waals surface area contributed by atoms with Crippen molar-refractivity contribution < 1.29 is 9.59 Å². The van der Waals surface area contributed by atoms with E-state index in [4.69, 9.17) is 0 Å². The average Bonchev–Trinajstić information content (AvgIpc) is 2.97. The molecule has 2 heterocycles. The standard InChI is InChI=1S/C28H33N3O2/c1-19-14-15-20(2)24(16-19)31-26(32)25-17-21-10-8-9-13-23(21)30(25)18-28(31,3)27(33)29-22-11-6-4-5-7-12-22/h8-10,13-17,22H,4-7,11-12,18H2,1-3H3,(H,29,33). The van der Waals surface area contributed by atoms with Crippen molar-refractivity contribution in [2.45, 2.75) is 77.4 Å². The van der Waals surface area contributed by atoms with Crippen LogP contribution in [0.4, 0.5) is 5.69 Å². The summed E-state index contributed by atoms with van der Waals surface area (Å²) in [6.45, 7) is 6.39. The minimum Gasteiger partial charge on any atom is -0.351 e. The van der Waals surface area contributed by atoms with Gasteiger partial charge in [-0.05, 0) is 62.9 Å². The minimum absolute atomic E-state index is 0.0629. The summed E-state index contributed by atoms with van der Waals surface area (Å²) in [4.78, 5) is 29.8. The molecule has 5 heteroatoms. The number of nitrogens with zero attached hydrogens (tertiary/aromatic N) is 2. The zero-order chi connectivity index (χ0) is 23.2. The molecule has 1 N–H and O–H groups in total. The summed E-state index contributed by atoms with van der Waals surface area (Å²) in [5.41, 5.74) is 3.48. The third-order valence-electron chi connectivity index (χ3n) is 7.48. The van der Waals surface area contributed by atoms with E-state index in [-0.39, 0.29) is 17.9 Å². The number of amides is 2. The molecule has 1 saturated carbocycles. The lowest BCUT2D eigenvalue weighted by Gasteiger charge is -2.45. The largest absolute Gasteiger partial charge is 0.351 e. The molecule has 0 spiro atoms. The summed E-state index contributed by atoms with van der Waals surface area (Å²) in [5.74, 6) is -0.184. The predicted molar refractivity (Wildman–Crippen MR) is 133 cm³/mol. The van der Waals surface area contributed by atoms with Crippen LogP contribution in [0.15, 0.2) is 48.5 Å². The number of aromatic nitrogens is 1. The first kappa shape index (κ1) is 21.7. The fourth-order valence-electron chi connectivity index (χ4n) is 5.55. The summed E-state index contributed by atoms with van der Waals surface area (Å²) >= 11 is 0. The molecule has 0 saturated heterocycles. The number of fused-ring (bicyclic) bond motifs is 3. The van der Waals surface area contributed by atoms with Crippen LogP contribution in [-0.2, 0) is 11.3 Å². The van der Waals surface area contributed by atoms with E-state index in [0.717, 1.165) is 53.4 Å². The van der Waals surface area contributed by atoms with Crippen LogP contribution in [0.25, 0.3) is 10.9 Å². The lowest BCUT2D eigenvalue weighted by Crippen LogP contribution is -2.65. The van der Waals surface area contributed by atoms with Gasteiger partial charge in [0.2, 0.25) is 5.91 Å². The molecule has 0 bridgehead atoms. The van der Waals surface area contributed by atoms with Crippen molar-refractivity contribution in [1.29, 1.82) is 0 Å². The molecule has 33 heavy (non-hydrogen) atoms. The van der Waals surface area contributed by atoms with Crippen molar-refractivity contribution in [2.24, 2.45) is 0 Å². The van der Waals surface area contributed by atoms with E-state index in [1.54, 1.807) is 4.90 Å². The Morgan fingerprint density at radius 1 is 1.00 bits per heavy atom. The molecule has 2 aromatic carbocycles. The number of carbonyl (C=O) groups is 2. The maximum absolute atomic E-state index is 14.0. The average molecular weight is 444 g/mol. The Bertz CT molecular complexity index is 1220. The lowest BCUT2D eigenvalue weighted by atomic mass is 9.91. The lowest BCUT2D eigenvalue weighted by molar-refractivity contribution is -0.127. The van der Waals surface area contributed by atoms with Gasteiger partial charge in [-0.2, -0.15) is 0 Å². The summed E-state index contributed by atoms with van der Waals surface area (Å²) in [7, 11) is 0. The van der Waals surface area contributed by atoms with Gasteiger partial charge < -0.3 is 9.88 Å². The first-order valence-electron chi connectivity index (χ1n) is 12.2. The van der Waals surface area contributed by atoms with E-state index in [2.05, 4.69) is 5.32 Å². The highest BCUT2D eigenvalue weighted by Crippen LogP contribution is 2.38. The van der Waals surface area contributed by atoms with Crippen molar-refractivity contribution in [2.75, 3.05) is 4.90 Å². The van der Waals surface area contributed by atoms with Gasteiger partial charge in [0.05, 0.1) is 6.54 Å². The third-order valence-corrected chi connectivity index (χ3v) is 7.48. The Labute approximate surface area is 195 Å². The number of benzene rings is 2. The Morgan fingerprint density at radius 2 is 1.73 bits per heavy atom. The summed E-state index contributed by atoms with van der Waals surface area (Å²) in [6.07, 6.45) is 6.78. The van der Waals surface area contributed by atoms with Crippen LogP contribution in [0, 0.1) is 13.8 Å². The van der Waals surface area contributed by atoms with Crippen LogP contribution in [0.2, 0.25) is 0 Å². The van der Waals surface area contributed by atoms with Crippen LogP contribution in [0.5, 0.6) is 0 Å². The van der Waals surface area contributed by atoms with E-state index in [0.29, 0.717) is 12.2 Å². The molecule has 1 unspecified atom stereocenters. The Morgan fingerprint density at radius 3 is 2.48 bits per heavy atom. The zero-order valence-electron chi connectivity index (χ0n) is 19.9. The molecule has 5 rings (SSSR count). The fourth-order valence-corrected chi connectivity index (χ4v) is 5.55.